The van der Waals surface area contributed by atoms with Gasteiger partial charge in [-0.2, -0.15) is 0 Å². The van der Waals surface area contributed by atoms with Crippen LogP contribution in [0.4, 0.5) is 11.4 Å². The Kier molecular flexibility index (Phi) is 6.39. The highest BCUT2D eigenvalue weighted by molar-refractivity contribution is 7.92. The van der Waals surface area contributed by atoms with E-state index in [2.05, 4.69) is 10.0 Å². The summed E-state index contributed by atoms with van der Waals surface area (Å²) in [6.45, 7) is 3.34. The van der Waals surface area contributed by atoms with E-state index in [-0.39, 0.29) is 0 Å². The van der Waals surface area contributed by atoms with Gasteiger partial charge in [-0.25, -0.2) is 8.42 Å². The third-order valence-electron chi connectivity index (χ3n) is 3.32. The van der Waals surface area contributed by atoms with Crippen molar-refractivity contribution in [3.05, 3.63) is 52.0 Å². The monoisotopic (exact) mass is 416 g/mol. The molecule has 0 aliphatic heterocycles. The van der Waals surface area contributed by atoms with Crippen LogP contribution >= 0.6 is 23.2 Å². The van der Waals surface area contributed by atoms with E-state index in [9.17, 15) is 13.2 Å². The number of nitrogens with one attached hydrogen (secondary N) is 2. The summed E-state index contributed by atoms with van der Waals surface area (Å²) >= 11 is 11.8. The Morgan fingerprint density at radius 1 is 1.12 bits per heavy atom. The molecule has 0 aliphatic carbocycles. The van der Waals surface area contributed by atoms with Crippen LogP contribution in [0.25, 0.3) is 0 Å². The minimum atomic E-state index is -3.42. The summed E-state index contributed by atoms with van der Waals surface area (Å²) in [6, 6.07) is 9.57. The second-order valence-electron chi connectivity index (χ2n) is 5.76. The second kappa shape index (κ2) is 8.16. The number of benzene rings is 2. The summed E-state index contributed by atoms with van der Waals surface area (Å²) in [5, 5.41) is 3.48. The van der Waals surface area contributed by atoms with Crippen LogP contribution in [0.3, 0.4) is 0 Å². The number of hydrogen-bond donors (Lipinski definition) is 2. The predicted molar refractivity (Wildman–Crippen MR) is 105 cm³/mol. The highest BCUT2D eigenvalue weighted by atomic mass is 35.5. The molecule has 9 heteroatoms. The van der Waals surface area contributed by atoms with Gasteiger partial charge in [0.05, 0.1) is 11.9 Å². The van der Waals surface area contributed by atoms with E-state index in [1.165, 1.54) is 6.07 Å². The zero-order valence-electron chi connectivity index (χ0n) is 14.3. The largest absolute Gasteiger partial charge is 0.481 e. The Balaban J connectivity index is 2.10. The number of sulfonamides is 1. The fraction of sp³-hybridized carbons (Fsp3) is 0.235. The third kappa shape index (κ3) is 6.09. The smallest absolute Gasteiger partial charge is 0.265 e. The minimum absolute atomic E-state index is 0.369. The normalized spacial score (nSPS) is 12.3. The summed E-state index contributed by atoms with van der Waals surface area (Å²) in [6.07, 6.45) is 0.237. The van der Waals surface area contributed by atoms with Crippen molar-refractivity contribution in [2.45, 2.75) is 20.0 Å². The van der Waals surface area contributed by atoms with Crippen molar-refractivity contribution in [3.63, 3.8) is 0 Å². The van der Waals surface area contributed by atoms with Gasteiger partial charge in [0.2, 0.25) is 10.0 Å². The zero-order chi connectivity index (χ0) is 19.5. The lowest BCUT2D eigenvalue weighted by atomic mass is 10.2. The molecule has 2 rings (SSSR count). The van der Waals surface area contributed by atoms with Crippen LogP contribution in [0, 0.1) is 6.92 Å². The average Bonchev–Trinajstić information content (AvgIpc) is 2.48. The molecule has 0 aromatic heterocycles. The standard InChI is InChI=1S/C17H18Cl2N2O4S/c1-10-4-5-14(9-16(10)21-26(3,23)24)20-17(22)11(2)25-15-7-12(18)6-13(19)8-15/h4-9,11,21H,1-3H3,(H,20,22). The fourth-order valence-corrected chi connectivity index (χ4v) is 3.23. The van der Waals surface area contributed by atoms with Gasteiger partial charge >= 0.3 is 0 Å². The van der Waals surface area contributed by atoms with Crippen molar-refractivity contribution in [2.75, 3.05) is 16.3 Å². The first-order chi connectivity index (χ1) is 12.0. The topological polar surface area (TPSA) is 84.5 Å². The molecular formula is C17H18Cl2N2O4S. The molecule has 0 heterocycles. The number of hydrogen-bond acceptors (Lipinski definition) is 4. The molecule has 140 valence electrons. The molecule has 0 saturated heterocycles. The first kappa shape index (κ1) is 20.4. The third-order valence-corrected chi connectivity index (χ3v) is 4.35. The summed E-state index contributed by atoms with van der Waals surface area (Å²) in [7, 11) is -3.42. The van der Waals surface area contributed by atoms with E-state index in [1.54, 1.807) is 44.2 Å². The van der Waals surface area contributed by atoms with Gasteiger partial charge in [-0.3, -0.25) is 9.52 Å². The van der Waals surface area contributed by atoms with Gasteiger partial charge < -0.3 is 10.1 Å². The molecule has 2 N–H and O–H groups in total. The quantitative estimate of drug-likeness (QED) is 0.742. The minimum Gasteiger partial charge on any atom is -0.481 e. The summed E-state index contributed by atoms with van der Waals surface area (Å²) in [4.78, 5) is 12.3. The summed E-state index contributed by atoms with van der Waals surface area (Å²) < 4.78 is 30.8. The lowest BCUT2D eigenvalue weighted by Gasteiger charge is -2.16. The number of amides is 1. The number of halogens is 2. The number of carbonyl (C=O) groups excluding carboxylic acids is 1. The molecule has 1 atom stereocenters. The van der Waals surface area contributed by atoms with Gasteiger partial charge in [0.1, 0.15) is 5.75 Å². The molecule has 2 aromatic rings. The number of anilines is 2. The molecule has 2 aromatic carbocycles. The van der Waals surface area contributed by atoms with Gasteiger partial charge in [0.15, 0.2) is 6.10 Å². The average molecular weight is 417 g/mol. The SMILES string of the molecule is Cc1ccc(NC(=O)C(C)Oc2cc(Cl)cc(Cl)c2)cc1NS(C)(=O)=O. The molecule has 0 radical (unpaired) electrons. The van der Waals surface area contributed by atoms with E-state index in [0.29, 0.717) is 27.2 Å². The number of rotatable bonds is 6. The Morgan fingerprint density at radius 2 is 1.73 bits per heavy atom. The maximum Gasteiger partial charge on any atom is 0.265 e. The Bertz CT molecular complexity index is 912. The van der Waals surface area contributed by atoms with Crippen molar-refractivity contribution in [2.24, 2.45) is 0 Å². The van der Waals surface area contributed by atoms with E-state index < -0.39 is 22.0 Å². The van der Waals surface area contributed by atoms with Crippen molar-refractivity contribution >= 4 is 50.5 Å². The van der Waals surface area contributed by atoms with Gasteiger partial charge in [-0.15, -0.1) is 0 Å². The highest BCUT2D eigenvalue weighted by Crippen LogP contribution is 2.25. The zero-order valence-corrected chi connectivity index (χ0v) is 16.7. The molecule has 1 amide bonds. The molecule has 6 nitrogen and oxygen atoms in total. The fourth-order valence-electron chi connectivity index (χ4n) is 2.11. The van der Waals surface area contributed by atoms with Crippen LogP contribution in [-0.2, 0) is 14.8 Å². The van der Waals surface area contributed by atoms with E-state index in [1.807, 2.05) is 0 Å². The van der Waals surface area contributed by atoms with Crippen molar-refractivity contribution in [3.8, 4) is 5.75 Å². The predicted octanol–water partition coefficient (Wildman–Crippen LogP) is 4.08. The van der Waals surface area contributed by atoms with Crippen LogP contribution < -0.4 is 14.8 Å². The van der Waals surface area contributed by atoms with E-state index >= 15 is 0 Å². The van der Waals surface area contributed by atoms with Gasteiger partial charge in [0, 0.05) is 15.7 Å². The molecule has 0 saturated carbocycles. The van der Waals surface area contributed by atoms with Gasteiger partial charge in [-0.05, 0) is 49.7 Å². The highest BCUT2D eigenvalue weighted by Gasteiger charge is 2.16. The maximum atomic E-state index is 12.3. The first-order valence-electron chi connectivity index (χ1n) is 7.55. The van der Waals surface area contributed by atoms with E-state index in [4.69, 9.17) is 27.9 Å². The lowest BCUT2D eigenvalue weighted by Crippen LogP contribution is -2.30. The van der Waals surface area contributed by atoms with E-state index in [0.717, 1.165) is 11.8 Å². The molecule has 26 heavy (non-hydrogen) atoms. The molecule has 0 fully saturated rings. The van der Waals surface area contributed by atoms with Crippen LogP contribution in [-0.4, -0.2) is 26.7 Å². The van der Waals surface area contributed by atoms with Crippen LogP contribution in [0.2, 0.25) is 10.0 Å². The van der Waals surface area contributed by atoms with Gasteiger partial charge in [-0.1, -0.05) is 29.3 Å². The van der Waals surface area contributed by atoms with Crippen molar-refractivity contribution < 1.29 is 17.9 Å². The molecule has 0 spiro atoms. The molecule has 1 unspecified atom stereocenters. The maximum absolute atomic E-state index is 12.3. The van der Waals surface area contributed by atoms with Crippen LogP contribution in [0.1, 0.15) is 12.5 Å². The number of aryl methyl sites for hydroxylation is 1. The van der Waals surface area contributed by atoms with Crippen LogP contribution in [0.5, 0.6) is 5.75 Å². The molecular weight excluding hydrogens is 399 g/mol. The molecule has 0 aliphatic rings. The van der Waals surface area contributed by atoms with Crippen molar-refractivity contribution in [1.29, 1.82) is 0 Å². The molecule has 0 bridgehead atoms. The van der Waals surface area contributed by atoms with Crippen LogP contribution in [0.15, 0.2) is 36.4 Å². The number of carbonyl (C=O) groups is 1. The Hall–Kier alpha value is -1.96. The Morgan fingerprint density at radius 3 is 2.31 bits per heavy atom. The van der Waals surface area contributed by atoms with Gasteiger partial charge in [0.25, 0.3) is 5.91 Å². The lowest BCUT2D eigenvalue weighted by molar-refractivity contribution is -0.122. The second-order valence-corrected chi connectivity index (χ2v) is 8.38. The summed E-state index contributed by atoms with van der Waals surface area (Å²) in [5.41, 5.74) is 1.55. The van der Waals surface area contributed by atoms with Crippen molar-refractivity contribution in [1.82, 2.24) is 0 Å². The first-order valence-corrected chi connectivity index (χ1v) is 10.2. The number of ether oxygens (including phenoxy) is 1. The Labute approximate surface area is 162 Å². The summed E-state index contributed by atoms with van der Waals surface area (Å²) in [5.74, 6) is -0.0382.